The SMILES string of the molecule is COC(=O)C(CC1SCCCS1)C(=O)OC. The van der Waals surface area contributed by atoms with Crippen molar-refractivity contribution >= 4 is 35.5 Å². The zero-order valence-corrected chi connectivity index (χ0v) is 11.1. The normalized spacial score (nSPS) is 17.2. The summed E-state index contributed by atoms with van der Waals surface area (Å²) in [5.41, 5.74) is 0. The van der Waals surface area contributed by atoms with Crippen molar-refractivity contribution in [2.75, 3.05) is 25.7 Å². The number of rotatable bonds is 4. The Balaban J connectivity index is 2.54. The van der Waals surface area contributed by atoms with Gasteiger partial charge in [0.15, 0.2) is 5.92 Å². The van der Waals surface area contributed by atoms with Crippen molar-refractivity contribution < 1.29 is 19.1 Å². The van der Waals surface area contributed by atoms with Crippen LogP contribution in [0.25, 0.3) is 0 Å². The Morgan fingerprint density at radius 1 is 1.19 bits per heavy atom. The third kappa shape index (κ3) is 3.90. The summed E-state index contributed by atoms with van der Waals surface area (Å²) in [7, 11) is 2.58. The van der Waals surface area contributed by atoms with Crippen LogP contribution in [-0.2, 0) is 19.1 Å². The maximum atomic E-state index is 11.4. The van der Waals surface area contributed by atoms with Crippen LogP contribution in [0.1, 0.15) is 12.8 Å². The summed E-state index contributed by atoms with van der Waals surface area (Å²) in [4.78, 5) is 22.9. The van der Waals surface area contributed by atoms with Gasteiger partial charge in [-0.05, 0) is 24.3 Å². The Morgan fingerprint density at radius 3 is 2.12 bits per heavy atom. The van der Waals surface area contributed by atoms with Gasteiger partial charge >= 0.3 is 11.9 Å². The van der Waals surface area contributed by atoms with Crippen molar-refractivity contribution in [1.29, 1.82) is 0 Å². The quantitative estimate of drug-likeness (QED) is 0.567. The van der Waals surface area contributed by atoms with Crippen LogP contribution in [0.3, 0.4) is 0 Å². The van der Waals surface area contributed by atoms with E-state index in [-0.39, 0.29) is 4.58 Å². The van der Waals surface area contributed by atoms with Crippen molar-refractivity contribution in [1.82, 2.24) is 0 Å². The molecule has 6 heteroatoms. The van der Waals surface area contributed by atoms with Gasteiger partial charge in [0, 0.05) is 0 Å². The van der Waals surface area contributed by atoms with E-state index in [1.54, 1.807) is 23.5 Å². The minimum Gasteiger partial charge on any atom is -0.468 e. The van der Waals surface area contributed by atoms with Crippen molar-refractivity contribution in [3.05, 3.63) is 0 Å². The second-order valence-electron chi connectivity index (χ2n) is 3.36. The van der Waals surface area contributed by atoms with E-state index in [0.29, 0.717) is 6.42 Å². The topological polar surface area (TPSA) is 52.6 Å². The van der Waals surface area contributed by atoms with E-state index >= 15 is 0 Å². The van der Waals surface area contributed by atoms with Gasteiger partial charge < -0.3 is 9.47 Å². The number of methoxy groups -OCH3 is 2. The maximum absolute atomic E-state index is 11.4. The predicted octanol–water partition coefficient (Wildman–Crippen LogP) is 1.53. The Morgan fingerprint density at radius 2 is 1.69 bits per heavy atom. The monoisotopic (exact) mass is 264 g/mol. The molecule has 1 rings (SSSR count). The number of carbonyl (C=O) groups is 2. The predicted molar refractivity (Wildman–Crippen MR) is 65.5 cm³/mol. The highest BCUT2D eigenvalue weighted by Gasteiger charge is 2.32. The minimum atomic E-state index is -0.780. The summed E-state index contributed by atoms with van der Waals surface area (Å²) < 4.78 is 9.53. The van der Waals surface area contributed by atoms with Gasteiger partial charge in [0.05, 0.1) is 18.8 Å². The molecule has 4 nitrogen and oxygen atoms in total. The number of hydrogen-bond donors (Lipinski definition) is 0. The molecule has 0 aromatic heterocycles. The van der Waals surface area contributed by atoms with Crippen LogP contribution in [0.2, 0.25) is 0 Å². The lowest BCUT2D eigenvalue weighted by molar-refractivity contribution is -0.158. The Hall–Kier alpha value is -0.360. The van der Waals surface area contributed by atoms with Crippen LogP contribution in [-0.4, -0.2) is 42.2 Å². The van der Waals surface area contributed by atoms with Crippen molar-refractivity contribution in [3.8, 4) is 0 Å². The zero-order chi connectivity index (χ0) is 12.0. The molecule has 0 aliphatic carbocycles. The van der Waals surface area contributed by atoms with Crippen LogP contribution < -0.4 is 0 Å². The van der Waals surface area contributed by atoms with Gasteiger partial charge in [-0.15, -0.1) is 23.5 Å². The van der Waals surface area contributed by atoms with Gasteiger partial charge in [0.25, 0.3) is 0 Å². The largest absolute Gasteiger partial charge is 0.468 e. The van der Waals surface area contributed by atoms with Crippen molar-refractivity contribution in [3.63, 3.8) is 0 Å². The number of hydrogen-bond acceptors (Lipinski definition) is 6. The molecule has 0 aromatic carbocycles. The smallest absolute Gasteiger partial charge is 0.320 e. The number of esters is 2. The third-order valence-corrected chi connectivity index (χ3v) is 5.29. The first-order valence-electron chi connectivity index (χ1n) is 5.08. The molecule has 0 amide bonds. The van der Waals surface area contributed by atoms with E-state index in [0.717, 1.165) is 11.5 Å². The highest BCUT2D eigenvalue weighted by atomic mass is 32.2. The van der Waals surface area contributed by atoms with Crippen LogP contribution in [0, 0.1) is 5.92 Å². The fraction of sp³-hybridized carbons (Fsp3) is 0.800. The molecule has 0 N–H and O–H groups in total. The molecule has 1 aliphatic rings. The summed E-state index contributed by atoms with van der Waals surface area (Å²) in [5.74, 6) is 0.398. The summed E-state index contributed by atoms with van der Waals surface area (Å²) in [6.45, 7) is 0. The molecule has 1 heterocycles. The van der Waals surface area contributed by atoms with E-state index in [1.165, 1.54) is 20.6 Å². The number of thioether (sulfide) groups is 2. The molecule has 0 atom stereocenters. The number of carbonyl (C=O) groups excluding carboxylic acids is 2. The van der Waals surface area contributed by atoms with Gasteiger partial charge in [-0.1, -0.05) is 0 Å². The van der Waals surface area contributed by atoms with Gasteiger partial charge in [-0.2, -0.15) is 0 Å². The van der Waals surface area contributed by atoms with E-state index in [2.05, 4.69) is 9.47 Å². The van der Waals surface area contributed by atoms with Crippen LogP contribution >= 0.6 is 23.5 Å². The van der Waals surface area contributed by atoms with Crippen molar-refractivity contribution in [2.45, 2.75) is 17.4 Å². The highest BCUT2D eigenvalue weighted by Crippen LogP contribution is 2.35. The van der Waals surface area contributed by atoms with Crippen LogP contribution in [0.5, 0.6) is 0 Å². The molecule has 0 radical (unpaired) electrons. The lowest BCUT2D eigenvalue weighted by Gasteiger charge is -2.23. The molecule has 1 saturated heterocycles. The first kappa shape index (κ1) is 13.7. The summed E-state index contributed by atoms with van der Waals surface area (Å²) in [6, 6.07) is 0. The van der Waals surface area contributed by atoms with E-state index in [4.69, 9.17) is 0 Å². The molecular formula is C10H16O4S2. The van der Waals surface area contributed by atoms with E-state index < -0.39 is 17.9 Å². The van der Waals surface area contributed by atoms with Crippen molar-refractivity contribution in [2.24, 2.45) is 5.92 Å². The molecule has 0 aromatic rings. The summed E-state index contributed by atoms with van der Waals surface area (Å²) in [5, 5.41) is 0. The summed E-state index contributed by atoms with van der Waals surface area (Å²) in [6.07, 6.45) is 1.68. The Labute approximate surface area is 104 Å². The molecule has 0 unspecified atom stereocenters. The average molecular weight is 264 g/mol. The van der Waals surface area contributed by atoms with Gasteiger partial charge in [-0.3, -0.25) is 9.59 Å². The van der Waals surface area contributed by atoms with Crippen LogP contribution in [0.4, 0.5) is 0 Å². The third-order valence-electron chi connectivity index (χ3n) is 2.30. The zero-order valence-electron chi connectivity index (χ0n) is 9.43. The second kappa shape index (κ2) is 7.06. The Bertz CT molecular complexity index is 235. The van der Waals surface area contributed by atoms with Gasteiger partial charge in [0.1, 0.15) is 0 Å². The number of ether oxygens (including phenoxy) is 2. The maximum Gasteiger partial charge on any atom is 0.320 e. The molecule has 0 spiro atoms. The fourth-order valence-electron chi connectivity index (χ4n) is 1.44. The first-order chi connectivity index (χ1) is 7.69. The van der Waals surface area contributed by atoms with Gasteiger partial charge in [-0.25, -0.2) is 0 Å². The molecular weight excluding hydrogens is 248 g/mol. The fourth-order valence-corrected chi connectivity index (χ4v) is 4.39. The van der Waals surface area contributed by atoms with Gasteiger partial charge in [0.2, 0.25) is 0 Å². The van der Waals surface area contributed by atoms with E-state index in [9.17, 15) is 9.59 Å². The first-order valence-corrected chi connectivity index (χ1v) is 7.17. The molecule has 0 saturated carbocycles. The Kier molecular flexibility index (Phi) is 6.05. The molecule has 16 heavy (non-hydrogen) atoms. The minimum absolute atomic E-state index is 0.289. The molecule has 0 bridgehead atoms. The standard InChI is InChI=1S/C10H16O4S2/c1-13-9(11)7(10(12)14-2)6-8-15-4-3-5-16-8/h7-8H,3-6H2,1-2H3. The van der Waals surface area contributed by atoms with E-state index in [1.807, 2.05) is 0 Å². The average Bonchev–Trinajstić information content (AvgIpc) is 2.35. The molecule has 92 valence electrons. The van der Waals surface area contributed by atoms with Crippen LogP contribution in [0.15, 0.2) is 0 Å². The summed E-state index contributed by atoms with van der Waals surface area (Å²) >= 11 is 3.59. The lowest BCUT2D eigenvalue weighted by Crippen LogP contribution is -2.29. The second-order valence-corrected chi connectivity index (χ2v) is 6.28. The highest BCUT2D eigenvalue weighted by molar-refractivity contribution is 8.17. The lowest BCUT2D eigenvalue weighted by atomic mass is 10.1. The molecule has 1 fully saturated rings. The molecule has 1 aliphatic heterocycles.